The van der Waals surface area contributed by atoms with Gasteiger partial charge >= 0.3 is 0 Å². The van der Waals surface area contributed by atoms with Gasteiger partial charge in [0.1, 0.15) is 18.0 Å². The van der Waals surface area contributed by atoms with E-state index in [0.29, 0.717) is 49.0 Å². The molecule has 3 amide bonds. The van der Waals surface area contributed by atoms with Crippen LogP contribution >= 0.6 is 0 Å². The first-order valence-electron chi connectivity index (χ1n) is 18.8. The molecule has 3 unspecified atom stereocenters. The van der Waals surface area contributed by atoms with Crippen molar-refractivity contribution >= 4 is 29.1 Å². The number of amides is 3. The fourth-order valence-electron chi connectivity index (χ4n) is 8.47. The minimum atomic E-state index is -0.744. The lowest BCUT2D eigenvalue weighted by Crippen LogP contribution is -2.52. The molecule has 2 aromatic carbocycles. The molecule has 3 fully saturated rings. The van der Waals surface area contributed by atoms with Gasteiger partial charge < -0.3 is 41.3 Å². The molecule has 288 valence electrons. The van der Waals surface area contributed by atoms with Crippen LogP contribution in [0.15, 0.2) is 60.1 Å². The Balaban J connectivity index is 0.871. The quantitative estimate of drug-likeness (QED) is 0.212. The molecule has 5 aliphatic heterocycles. The Kier molecular flexibility index (Phi) is 9.49. The number of anilines is 1. The number of aromatic hydroxyl groups is 1. The molecule has 3 saturated heterocycles. The maximum Gasteiger partial charge on any atom is 0.255 e. The lowest BCUT2D eigenvalue weighted by molar-refractivity contribution is -0.136. The van der Waals surface area contributed by atoms with E-state index in [4.69, 9.17) is 21.2 Å². The van der Waals surface area contributed by atoms with Crippen LogP contribution in [-0.4, -0.2) is 100.0 Å². The predicted octanol–water partition coefficient (Wildman–Crippen LogP) is 2.18. The molecule has 3 atom stereocenters. The summed E-state index contributed by atoms with van der Waals surface area (Å²) in [6, 6.07) is 11.7. The van der Waals surface area contributed by atoms with Gasteiger partial charge in [-0.05, 0) is 67.3 Å². The highest BCUT2D eigenvalue weighted by molar-refractivity contribution is 6.05. The van der Waals surface area contributed by atoms with Gasteiger partial charge in [-0.25, -0.2) is 9.37 Å². The van der Waals surface area contributed by atoms with Gasteiger partial charge in [0.05, 0.1) is 18.3 Å². The molecule has 55 heavy (non-hydrogen) atoms. The molecule has 0 saturated carbocycles. The van der Waals surface area contributed by atoms with E-state index in [1.165, 1.54) is 17.7 Å². The van der Waals surface area contributed by atoms with Crippen LogP contribution in [0.2, 0.25) is 0 Å². The van der Waals surface area contributed by atoms with E-state index < -0.39 is 23.5 Å². The number of carbonyl (C=O) groups excluding carboxylic acids is 3. The van der Waals surface area contributed by atoms with Crippen molar-refractivity contribution in [3.8, 4) is 11.6 Å². The fraction of sp³-hybridized carbons (Fsp3) is 0.400. The summed E-state index contributed by atoms with van der Waals surface area (Å²) in [7, 11) is 0. The molecule has 3 aromatic rings. The minimum absolute atomic E-state index is 0.0995. The minimum Gasteiger partial charge on any atom is -0.504 e. The van der Waals surface area contributed by atoms with Crippen molar-refractivity contribution < 1.29 is 28.6 Å². The highest BCUT2D eigenvalue weighted by Gasteiger charge is 2.40. The number of fused-ring (bicyclic) bond motifs is 2. The molecular weight excluding hydrogens is 705 g/mol. The van der Waals surface area contributed by atoms with Crippen LogP contribution in [0.4, 0.5) is 10.1 Å². The van der Waals surface area contributed by atoms with Gasteiger partial charge in [0.15, 0.2) is 11.6 Å². The molecule has 0 radical (unpaired) electrons. The smallest absolute Gasteiger partial charge is 0.255 e. The summed E-state index contributed by atoms with van der Waals surface area (Å²) in [6.07, 6.45) is 2.84. The zero-order valence-corrected chi connectivity index (χ0v) is 31.0. The van der Waals surface area contributed by atoms with E-state index in [1.807, 2.05) is 25.1 Å². The van der Waals surface area contributed by atoms with Crippen molar-refractivity contribution in [1.82, 2.24) is 30.3 Å². The Labute approximate surface area is 318 Å². The van der Waals surface area contributed by atoms with Gasteiger partial charge in [-0.3, -0.25) is 24.6 Å². The van der Waals surface area contributed by atoms with Gasteiger partial charge in [-0.15, -0.1) is 0 Å². The van der Waals surface area contributed by atoms with Gasteiger partial charge in [-0.2, -0.15) is 0 Å². The number of piperazine rings is 1. The maximum absolute atomic E-state index is 14.0. The lowest BCUT2D eigenvalue weighted by Gasteiger charge is -2.36. The molecule has 8 rings (SSSR count). The number of phenolic OH excluding ortho intramolecular Hbond substituents is 1. The number of hydrogen-bond acceptors (Lipinski definition) is 12. The second-order valence-corrected chi connectivity index (χ2v) is 15.0. The Morgan fingerprint density at radius 2 is 1.89 bits per heavy atom. The summed E-state index contributed by atoms with van der Waals surface area (Å²) in [5.41, 5.74) is 19.4. The van der Waals surface area contributed by atoms with E-state index in [0.717, 1.165) is 61.7 Å². The van der Waals surface area contributed by atoms with E-state index in [9.17, 15) is 23.9 Å². The number of halogens is 1. The van der Waals surface area contributed by atoms with E-state index in [2.05, 4.69) is 38.3 Å². The maximum atomic E-state index is 14.0. The van der Waals surface area contributed by atoms with Crippen molar-refractivity contribution in [3.63, 3.8) is 0 Å². The number of allylic oxidation sites excluding steroid dienone is 1. The first-order valence-corrected chi connectivity index (χ1v) is 18.8. The van der Waals surface area contributed by atoms with Gasteiger partial charge in [0.25, 0.3) is 5.91 Å². The number of rotatable bonds is 8. The topological polar surface area (TPSA) is 183 Å². The summed E-state index contributed by atoms with van der Waals surface area (Å²) in [5.74, 6) is -1.08. The summed E-state index contributed by atoms with van der Waals surface area (Å²) in [6.45, 7) is 9.72. The number of imide groups is 1. The molecule has 15 heteroatoms. The Bertz CT molecular complexity index is 2110. The highest BCUT2D eigenvalue weighted by Crippen LogP contribution is 2.34. The standard InChI is InChI=1S/C40H46FN9O5/c1-22-14-36(55-27-15-26-18-44-38(43)34(49(26)20-27)17-32(42)28-4-3-5-31(41)37(28)52)45-23(2)30(22)21-47-10-12-48(13-11-47)25-7-6-24-19-50(40(54)29(24)16-25)33-8-9-35(51)46-39(33)53/h3-7,14,16-17,26-27,33,44,52H,8-13,15,18-21,42-43H2,1-2H3,(H,46,51,53)/b32-17-. The number of ether oxygens (including phenoxy) is 1. The van der Waals surface area contributed by atoms with E-state index in [-0.39, 0.29) is 41.6 Å². The Hall–Kier alpha value is -5.83. The van der Waals surface area contributed by atoms with Gasteiger partial charge in [0.2, 0.25) is 17.7 Å². The van der Waals surface area contributed by atoms with Gasteiger partial charge in [-0.1, -0.05) is 12.1 Å². The number of aromatic nitrogens is 1. The second kappa shape index (κ2) is 14.4. The van der Waals surface area contributed by atoms with Crippen LogP contribution in [0.3, 0.4) is 0 Å². The number of nitrogens with two attached hydrogens (primary N) is 2. The SMILES string of the molecule is Cc1cc(OC2CC3CNC(N)=C(/C=C(\N)c4cccc(F)c4O)N3C2)nc(C)c1CN1CCN(c2ccc3c(c2)C(=O)N(C2CCC(=O)NC2=O)C3)CC1. The molecule has 7 N–H and O–H groups in total. The second-order valence-electron chi connectivity index (χ2n) is 15.0. The third kappa shape index (κ3) is 6.99. The normalized spacial score (nSPS) is 23.2. The zero-order chi connectivity index (χ0) is 38.5. The molecule has 0 aliphatic carbocycles. The van der Waals surface area contributed by atoms with E-state index >= 15 is 0 Å². The van der Waals surface area contributed by atoms with Crippen molar-refractivity contribution in [2.45, 2.75) is 64.4 Å². The van der Waals surface area contributed by atoms with Crippen LogP contribution in [-0.2, 0) is 22.7 Å². The van der Waals surface area contributed by atoms with E-state index in [1.54, 1.807) is 17.0 Å². The Morgan fingerprint density at radius 1 is 1.09 bits per heavy atom. The number of carbonyl (C=O) groups is 3. The number of nitrogens with zero attached hydrogens (tertiary/aromatic N) is 5. The van der Waals surface area contributed by atoms with Crippen LogP contribution in [0.5, 0.6) is 11.6 Å². The fourth-order valence-corrected chi connectivity index (χ4v) is 8.47. The average Bonchev–Trinajstić information content (AvgIpc) is 3.72. The first kappa shape index (κ1) is 36.2. The largest absolute Gasteiger partial charge is 0.504 e. The summed E-state index contributed by atoms with van der Waals surface area (Å²) in [4.78, 5) is 50.8. The number of phenols is 1. The number of hydrogen-bond donors (Lipinski definition) is 5. The van der Waals surface area contributed by atoms with Crippen molar-refractivity contribution in [3.05, 3.63) is 99.4 Å². The van der Waals surface area contributed by atoms with Crippen molar-refractivity contribution in [1.29, 1.82) is 0 Å². The molecule has 6 heterocycles. The lowest BCUT2D eigenvalue weighted by atomic mass is 10.0. The number of nitrogens with one attached hydrogen (secondary N) is 2. The number of piperidine rings is 1. The highest BCUT2D eigenvalue weighted by atomic mass is 19.1. The number of aryl methyl sites for hydroxylation is 2. The van der Waals surface area contributed by atoms with Crippen LogP contribution in [0.25, 0.3) is 5.70 Å². The third-order valence-electron chi connectivity index (χ3n) is 11.5. The molecule has 14 nitrogen and oxygen atoms in total. The van der Waals surface area contributed by atoms with Crippen molar-refractivity contribution in [2.75, 3.05) is 44.2 Å². The molecule has 5 aliphatic rings. The zero-order valence-electron chi connectivity index (χ0n) is 31.0. The summed E-state index contributed by atoms with van der Waals surface area (Å²) >= 11 is 0. The number of pyridine rings is 1. The van der Waals surface area contributed by atoms with Crippen LogP contribution in [0.1, 0.15) is 57.6 Å². The monoisotopic (exact) mass is 751 g/mol. The van der Waals surface area contributed by atoms with Crippen LogP contribution in [0, 0.1) is 19.7 Å². The summed E-state index contributed by atoms with van der Waals surface area (Å²) in [5, 5.41) is 15.8. The number of benzene rings is 2. The molecular formula is C40H46FN9O5. The van der Waals surface area contributed by atoms with Crippen molar-refractivity contribution in [2.24, 2.45) is 11.5 Å². The summed E-state index contributed by atoms with van der Waals surface area (Å²) < 4.78 is 20.5. The predicted molar refractivity (Wildman–Crippen MR) is 203 cm³/mol. The third-order valence-corrected chi connectivity index (χ3v) is 11.5. The molecule has 1 aromatic heterocycles. The average molecular weight is 752 g/mol. The molecule has 0 spiro atoms. The number of para-hydroxylation sites is 1. The van der Waals surface area contributed by atoms with Crippen LogP contribution < -0.4 is 31.7 Å². The molecule has 0 bridgehead atoms. The Morgan fingerprint density at radius 3 is 2.65 bits per heavy atom. The van der Waals surface area contributed by atoms with Gasteiger partial charge in [0, 0.05) is 92.9 Å². The first-order chi connectivity index (χ1) is 26.4.